The Hall–Kier alpha value is -2.29. The molecule has 22 heavy (non-hydrogen) atoms. The van der Waals surface area contributed by atoms with Crippen LogP contribution in [0.1, 0.15) is 43.4 Å². The maximum atomic E-state index is 11.9. The molecule has 3 nitrogen and oxygen atoms in total. The van der Waals surface area contributed by atoms with Gasteiger partial charge in [0.25, 0.3) is 0 Å². The molecule has 3 aliphatic rings. The third-order valence-corrected chi connectivity index (χ3v) is 4.08. The second kappa shape index (κ2) is 5.84. The quantitative estimate of drug-likeness (QED) is 0.792. The Bertz CT molecular complexity index is 703. The van der Waals surface area contributed by atoms with Crippen molar-refractivity contribution in [1.29, 1.82) is 0 Å². The van der Waals surface area contributed by atoms with Gasteiger partial charge in [-0.05, 0) is 52.8 Å². The Kier molecular flexibility index (Phi) is 3.88. The summed E-state index contributed by atoms with van der Waals surface area (Å²) in [6.07, 6.45) is 3.53. The number of fused-ring (bicyclic) bond motifs is 3. The van der Waals surface area contributed by atoms with Crippen molar-refractivity contribution in [2.24, 2.45) is 0 Å². The molecule has 0 saturated carbocycles. The number of hydrogen-bond acceptors (Lipinski definition) is 2. The molecule has 1 amide bonds. The summed E-state index contributed by atoms with van der Waals surface area (Å²) < 4.78 is 5.07. The van der Waals surface area contributed by atoms with Crippen molar-refractivity contribution in [1.82, 2.24) is 4.90 Å². The Morgan fingerprint density at radius 2 is 2.14 bits per heavy atom. The zero-order valence-electron chi connectivity index (χ0n) is 13.3. The second-order valence-corrected chi connectivity index (χ2v) is 5.92. The molecule has 0 radical (unpaired) electrons. The molecular formula is C19H21NO2. The lowest BCUT2D eigenvalue weighted by molar-refractivity contribution is 0.120. The predicted molar refractivity (Wildman–Crippen MR) is 88.8 cm³/mol. The molecule has 0 N–H and O–H groups in total. The van der Waals surface area contributed by atoms with E-state index in [-0.39, 0.29) is 6.09 Å². The fraction of sp³-hybridized carbons (Fsp3) is 0.316. The van der Waals surface area contributed by atoms with Gasteiger partial charge in [0.05, 0.1) is 13.2 Å². The van der Waals surface area contributed by atoms with Gasteiger partial charge in [0, 0.05) is 6.20 Å². The van der Waals surface area contributed by atoms with Crippen LogP contribution in [0.3, 0.4) is 0 Å². The van der Waals surface area contributed by atoms with Gasteiger partial charge in [-0.15, -0.1) is 0 Å². The summed E-state index contributed by atoms with van der Waals surface area (Å²) in [5.74, 6) is 0.495. The Balaban J connectivity index is 1.99. The molecule has 3 heteroatoms. The molecule has 2 aliphatic carbocycles. The molecule has 3 rings (SSSR count). The van der Waals surface area contributed by atoms with Crippen molar-refractivity contribution in [3.05, 3.63) is 53.2 Å². The van der Waals surface area contributed by atoms with Crippen LogP contribution >= 0.6 is 0 Å². The zero-order valence-corrected chi connectivity index (χ0v) is 13.3. The van der Waals surface area contributed by atoms with Crippen molar-refractivity contribution in [3.63, 3.8) is 0 Å². The molecule has 1 aliphatic heterocycles. The highest BCUT2D eigenvalue weighted by Gasteiger charge is 2.22. The third kappa shape index (κ3) is 2.59. The number of ether oxygens (including phenoxy) is 1. The van der Waals surface area contributed by atoms with Crippen LogP contribution in [0.4, 0.5) is 4.79 Å². The first-order chi connectivity index (χ1) is 10.6. The highest BCUT2D eigenvalue weighted by Crippen LogP contribution is 2.36. The highest BCUT2D eigenvalue weighted by molar-refractivity contribution is 5.84. The van der Waals surface area contributed by atoms with Gasteiger partial charge < -0.3 is 4.74 Å². The first-order valence-corrected chi connectivity index (χ1v) is 7.77. The van der Waals surface area contributed by atoms with Crippen LogP contribution < -0.4 is 0 Å². The summed E-state index contributed by atoms with van der Waals surface area (Å²) in [6, 6.07) is 10.9. The number of hydrogen-bond donors (Lipinski definition) is 0. The molecule has 114 valence electrons. The maximum absolute atomic E-state index is 11.9. The molecule has 0 saturated heterocycles. The zero-order chi connectivity index (χ0) is 15.7. The standard InChI is InChI=1S/C19H21NO2/c1-4-22-19(21)20-9-8-18-16(12-20)11-15-10-14(13(2)3)6-5-7-17(15)18/h5-11,13H,4,12H2,1-3H3. The Morgan fingerprint density at radius 3 is 2.86 bits per heavy atom. The van der Waals surface area contributed by atoms with E-state index in [1.807, 2.05) is 19.2 Å². The van der Waals surface area contributed by atoms with E-state index in [4.69, 9.17) is 4.74 Å². The average molecular weight is 295 g/mol. The van der Waals surface area contributed by atoms with E-state index in [0.29, 0.717) is 19.1 Å². The summed E-state index contributed by atoms with van der Waals surface area (Å²) in [5.41, 5.74) is 6.17. The van der Waals surface area contributed by atoms with E-state index in [0.717, 1.165) is 0 Å². The Labute approximate surface area is 131 Å². The highest BCUT2D eigenvalue weighted by atomic mass is 16.6. The fourth-order valence-corrected chi connectivity index (χ4v) is 2.88. The van der Waals surface area contributed by atoms with Gasteiger partial charge in [0.1, 0.15) is 0 Å². The average Bonchev–Trinajstić information content (AvgIpc) is 2.69. The van der Waals surface area contributed by atoms with Crippen LogP contribution in [-0.4, -0.2) is 17.6 Å². The topological polar surface area (TPSA) is 29.5 Å². The van der Waals surface area contributed by atoms with E-state index >= 15 is 0 Å². The van der Waals surface area contributed by atoms with Crippen LogP contribution in [0.2, 0.25) is 0 Å². The van der Waals surface area contributed by atoms with Crippen molar-refractivity contribution in [2.75, 3.05) is 6.61 Å². The molecule has 0 aromatic carbocycles. The first-order valence-electron chi connectivity index (χ1n) is 7.77. The number of amides is 1. The van der Waals surface area contributed by atoms with Gasteiger partial charge in [-0.1, -0.05) is 38.1 Å². The largest absolute Gasteiger partial charge is 0.449 e. The van der Waals surface area contributed by atoms with Crippen molar-refractivity contribution < 1.29 is 9.53 Å². The number of rotatable bonds is 2. The lowest BCUT2D eigenvalue weighted by Crippen LogP contribution is -2.27. The summed E-state index contributed by atoms with van der Waals surface area (Å²) in [5, 5.41) is 0. The van der Waals surface area contributed by atoms with E-state index in [9.17, 15) is 4.79 Å². The molecule has 0 aromatic rings. The number of carbonyl (C=O) groups excluding carboxylic acids is 1. The molecule has 0 unspecified atom stereocenters. The minimum atomic E-state index is -0.289. The van der Waals surface area contributed by atoms with Gasteiger partial charge in [-0.25, -0.2) is 4.79 Å². The summed E-state index contributed by atoms with van der Waals surface area (Å²) in [6.45, 7) is 7.19. The Morgan fingerprint density at radius 1 is 1.32 bits per heavy atom. The van der Waals surface area contributed by atoms with Crippen LogP contribution in [0, 0.1) is 0 Å². The fourth-order valence-electron chi connectivity index (χ4n) is 2.88. The van der Waals surface area contributed by atoms with Crippen molar-refractivity contribution in [2.45, 2.75) is 33.2 Å². The van der Waals surface area contributed by atoms with E-state index in [1.54, 1.807) is 4.90 Å². The van der Waals surface area contributed by atoms with Crippen LogP contribution in [0.25, 0.3) is 17.2 Å². The summed E-state index contributed by atoms with van der Waals surface area (Å²) in [4.78, 5) is 13.5. The number of carbonyl (C=O) groups is 1. The minimum Gasteiger partial charge on any atom is -0.449 e. The second-order valence-electron chi connectivity index (χ2n) is 5.92. The van der Waals surface area contributed by atoms with Crippen molar-refractivity contribution >= 4 is 12.2 Å². The van der Waals surface area contributed by atoms with Gasteiger partial charge in [0.2, 0.25) is 0 Å². The first kappa shape index (κ1) is 14.6. The van der Waals surface area contributed by atoms with Gasteiger partial charge in [-0.2, -0.15) is 0 Å². The lowest BCUT2D eigenvalue weighted by Gasteiger charge is -2.21. The molecule has 0 bridgehead atoms. The maximum Gasteiger partial charge on any atom is 0.414 e. The predicted octanol–water partition coefficient (Wildman–Crippen LogP) is 4.86. The smallest absolute Gasteiger partial charge is 0.414 e. The van der Waals surface area contributed by atoms with E-state index in [2.05, 4.69) is 44.2 Å². The normalized spacial score (nSPS) is 13.5. The van der Waals surface area contributed by atoms with Gasteiger partial charge >= 0.3 is 6.09 Å². The molecule has 0 aromatic heterocycles. The van der Waals surface area contributed by atoms with Crippen LogP contribution in [0.5, 0.6) is 0 Å². The summed E-state index contributed by atoms with van der Waals surface area (Å²) in [7, 11) is 0. The van der Waals surface area contributed by atoms with E-state index < -0.39 is 0 Å². The third-order valence-electron chi connectivity index (χ3n) is 4.08. The molecule has 1 heterocycles. The van der Waals surface area contributed by atoms with Gasteiger partial charge in [-0.3, -0.25) is 4.90 Å². The molecule has 0 atom stereocenters. The van der Waals surface area contributed by atoms with E-state index in [1.165, 1.54) is 27.8 Å². The summed E-state index contributed by atoms with van der Waals surface area (Å²) >= 11 is 0. The SMILES string of the molecule is CCOC(=O)N1C=Cc2c(cc3cc(C(C)C)cccc2-3)C1. The molecule has 0 fully saturated rings. The lowest BCUT2D eigenvalue weighted by atomic mass is 10.0. The van der Waals surface area contributed by atoms with Crippen molar-refractivity contribution in [3.8, 4) is 11.1 Å². The number of nitrogens with zero attached hydrogens (tertiary/aromatic N) is 1. The van der Waals surface area contributed by atoms with Crippen LogP contribution in [0.15, 0.2) is 36.5 Å². The van der Waals surface area contributed by atoms with Gasteiger partial charge in [0.15, 0.2) is 0 Å². The van der Waals surface area contributed by atoms with Crippen LogP contribution in [-0.2, 0) is 11.3 Å². The molecular weight excluding hydrogens is 274 g/mol. The minimum absolute atomic E-state index is 0.289. The monoisotopic (exact) mass is 295 g/mol. The molecule has 0 spiro atoms.